The molecule has 0 saturated heterocycles. The highest BCUT2D eigenvalue weighted by Crippen LogP contribution is 2.12. The van der Waals surface area contributed by atoms with E-state index in [-0.39, 0.29) is 5.91 Å². The average molecular weight is 316 g/mol. The van der Waals surface area contributed by atoms with Crippen molar-refractivity contribution in [2.75, 3.05) is 18.4 Å². The van der Waals surface area contributed by atoms with Gasteiger partial charge in [0.15, 0.2) is 0 Å². The smallest absolute Gasteiger partial charge is 0.220 e. The second-order valence-corrected chi connectivity index (χ2v) is 5.38. The number of hydrogen-bond acceptors (Lipinski definition) is 5. The van der Waals surface area contributed by atoms with Gasteiger partial charge in [-0.05, 0) is 20.3 Å². The molecule has 0 fully saturated rings. The SMILES string of the molecule is CCCCC(=O)NCCNc1cc(-n2ccnc2C)nc(C)n1. The van der Waals surface area contributed by atoms with Crippen LogP contribution in [0.25, 0.3) is 5.82 Å². The number of amides is 1. The summed E-state index contributed by atoms with van der Waals surface area (Å²) < 4.78 is 1.91. The van der Waals surface area contributed by atoms with Crippen LogP contribution in [-0.4, -0.2) is 38.5 Å². The molecule has 2 aromatic heterocycles. The Balaban J connectivity index is 1.90. The van der Waals surface area contributed by atoms with E-state index in [9.17, 15) is 4.79 Å². The fraction of sp³-hybridized carbons (Fsp3) is 0.500. The van der Waals surface area contributed by atoms with Gasteiger partial charge >= 0.3 is 0 Å². The molecule has 0 unspecified atom stereocenters. The minimum Gasteiger partial charge on any atom is -0.368 e. The summed E-state index contributed by atoms with van der Waals surface area (Å²) in [6.45, 7) is 7.05. The Bertz CT molecular complexity index is 652. The van der Waals surface area contributed by atoms with E-state index >= 15 is 0 Å². The average Bonchev–Trinajstić information content (AvgIpc) is 2.95. The summed E-state index contributed by atoms with van der Waals surface area (Å²) in [7, 11) is 0. The van der Waals surface area contributed by atoms with Crippen molar-refractivity contribution >= 4 is 11.7 Å². The fourth-order valence-electron chi connectivity index (χ4n) is 2.20. The first-order valence-corrected chi connectivity index (χ1v) is 7.96. The summed E-state index contributed by atoms with van der Waals surface area (Å²) in [5, 5.41) is 6.11. The Labute approximate surface area is 136 Å². The number of unbranched alkanes of at least 4 members (excludes halogenated alkanes) is 1. The standard InChI is InChI=1S/C16H24N6O/c1-4-5-6-16(23)19-8-7-18-14-11-15(21-12(2)20-14)22-10-9-17-13(22)3/h9-11H,4-8H2,1-3H3,(H,19,23)(H,18,20,21). The molecule has 124 valence electrons. The third-order valence-electron chi connectivity index (χ3n) is 3.41. The summed E-state index contributed by atoms with van der Waals surface area (Å²) in [4.78, 5) is 24.5. The highest BCUT2D eigenvalue weighted by Gasteiger charge is 2.06. The summed E-state index contributed by atoms with van der Waals surface area (Å²) in [6.07, 6.45) is 6.16. The van der Waals surface area contributed by atoms with E-state index in [0.29, 0.717) is 25.3 Å². The van der Waals surface area contributed by atoms with Crippen molar-refractivity contribution in [1.29, 1.82) is 0 Å². The number of nitrogens with one attached hydrogen (secondary N) is 2. The van der Waals surface area contributed by atoms with E-state index in [4.69, 9.17) is 0 Å². The summed E-state index contributed by atoms with van der Waals surface area (Å²) in [6, 6.07) is 1.88. The number of hydrogen-bond donors (Lipinski definition) is 2. The van der Waals surface area contributed by atoms with Gasteiger partial charge in [0.05, 0.1) is 0 Å². The molecule has 0 aliphatic rings. The molecule has 2 N–H and O–H groups in total. The number of aryl methyl sites for hydroxylation is 2. The molecule has 0 saturated carbocycles. The van der Waals surface area contributed by atoms with Crippen molar-refractivity contribution in [3.8, 4) is 5.82 Å². The van der Waals surface area contributed by atoms with Crippen LogP contribution in [0, 0.1) is 13.8 Å². The Kier molecular flexibility index (Phi) is 6.08. The summed E-state index contributed by atoms with van der Waals surface area (Å²) in [5.74, 6) is 3.18. The van der Waals surface area contributed by atoms with Crippen molar-refractivity contribution in [2.45, 2.75) is 40.0 Å². The van der Waals surface area contributed by atoms with Gasteiger partial charge in [0, 0.05) is 38.0 Å². The van der Waals surface area contributed by atoms with Crippen LogP contribution in [0.3, 0.4) is 0 Å². The lowest BCUT2D eigenvalue weighted by molar-refractivity contribution is -0.121. The van der Waals surface area contributed by atoms with Crippen LogP contribution in [0.5, 0.6) is 0 Å². The van der Waals surface area contributed by atoms with Crippen LogP contribution in [0.1, 0.15) is 37.8 Å². The number of carbonyl (C=O) groups excluding carboxylic acids is 1. The number of anilines is 1. The molecule has 23 heavy (non-hydrogen) atoms. The zero-order chi connectivity index (χ0) is 16.7. The molecule has 2 aromatic rings. The monoisotopic (exact) mass is 316 g/mol. The van der Waals surface area contributed by atoms with Crippen LogP contribution in [0.15, 0.2) is 18.5 Å². The lowest BCUT2D eigenvalue weighted by Gasteiger charge is -2.10. The van der Waals surface area contributed by atoms with Gasteiger partial charge in [0.25, 0.3) is 0 Å². The molecule has 1 amide bonds. The van der Waals surface area contributed by atoms with Gasteiger partial charge in [0.1, 0.15) is 23.3 Å². The number of aromatic nitrogens is 4. The topological polar surface area (TPSA) is 84.7 Å². The molecule has 0 aromatic carbocycles. The third kappa shape index (κ3) is 5.05. The van der Waals surface area contributed by atoms with E-state index < -0.39 is 0 Å². The molecular weight excluding hydrogens is 292 g/mol. The predicted octanol–water partition coefficient (Wildman–Crippen LogP) is 2.00. The highest BCUT2D eigenvalue weighted by molar-refractivity contribution is 5.75. The molecule has 2 heterocycles. The van der Waals surface area contributed by atoms with Crippen molar-refractivity contribution in [1.82, 2.24) is 24.8 Å². The quantitative estimate of drug-likeness (QED) is 0.728. The van der Waals surface area contributed by atoms with Crippen LogP contribution in [0.2, 0.25) is 0 Å². The first kappa shape index (κ1) is 16.9. The second-order valence-electron chi connectivity index (χ2n) is 5.38. The number of nitrogens with zero attached hydrogens (tertiary/aromatic N) is 4. The van der Waals surface area contributed by atoms with Gasteiger partial charge in [-0.15, -0.1) is 0 Å². The minimum absolute atomic E-state index is 0.0993. The molecule has 0 spiro atoms. The molecule has 0 radical (unpaired) electrons. The molecule has 0 aliphatic heterocycles. The maximum absolute atomic E-state index is 11.5. The molecular formula is C16H24N6O. The first-order valence-electron chi connectivity index (χ1n) is 7.96. The molecule has 2 rings (SSSR count). The highest BCUT2D eigenvalue weighted by atomic mass is 16.1. The maximum atomic E-state index is 11.5. The zero-order valence-electron chi connectivity index (χ0n) is 14.0. The van der Waals surface area contributed by atoms with Crippen LogP contribution in [-0.2, 0) is 4.79 Å². The third-order valence-corrected chi connectivity index (χ3v) is 3.41. The van der Waals surface area contributed by atoms with Crippen LogP contribution >= 0.6 is 0 Å². The molecule has 7 nitrogen and oxygen atoms in total. The Morgan fingerprint density at radius 3 is 2.78 bits per heavy atom. The van der Waals surface area contributed by atoms with Crippen LogP contribution < -0.4 is 10.6 Å². The van der Waals surface area contributed by atoms with Crippen molar-refractivity contribution in [3.05, 3.63) is 30.1 Å². The van der Waals surface area contributed by atoms with E-state index in [2.05, 4.69) is 32.5 Å². The van der Waals surface area contributed by atoms with Gasteiger partial charge in [-0.1, -0.05) is 13.3 Å². The first-order chi connectivity index (χ1) is 11.1. The van der Waals surface area contributed by atoms with Gasteiger partial charge in [0.2, 0.25) is 5.91 Å². The molecule has 0 atom stereocenters. The van der Waals surface area contributed by atoms with E-state index in [1.807, 2.05) is 30.7 Å². The maximum Gasteiger partial charge on any atom is 0.220 e. The van der Waals surface area contributed by atoms with Gasteiger partial charge in [-0.2, -0.15) is 0 Å². The lowest BCUT2D eigenvalue weighted by atomic mass is 10.2. The zero-order valence-corrected chi connectivity index (χ0v) is 14.0. The number of rotatable bonds is 8. The van der Waals surface area contributed by atoms with Crippen LogP contribution in [0.4, 0.5) is 5.82 Å². The molecule has 7 heteroatoms. The fourth-order valence-corrected chi connectivity index (χ4v) is 2.20. The van der Waals surface area contributed by atoms with Gasteiger partial charge in [-0.25, -0.2) is 15.0 Å². The summed E-state index contributed by atoms with van der Waals surface area (Å²) in [5.41, 5.74) is 0. The number of carbonyl (C=O) groups is 1. The second kappa shape index (κ2) is 8.26. The van der Waals surface area contributed by atoms with E-state index in [0.717, 1.165) is 30.3 Å². The Morgan fingerprint density at radius 2 is 2.09 bits per heavy atom. The van der Waals surface area contributed by atoms with Crippen molar-refractivity contribution in [2.24, 2.45) is 0 Å². The lowest BCUT2D eigenvalue weighted by Crippen LogP contribution is -2.28. The van der Waals surface area contributed by atoms with Gasteiger partial charge < -0.3 is 10.6 Å². The Morgan fingerprint density at radius 1 is 1.26 bits per heavy atom. The van der Waals surface area contributed by atoms with Crippen molar-refractivity contribution < 1.29 is 4.79 Å². The normalized spacial score (nSPS) is 10.6. The van der Waals surface area contributed by atoms with E-state index in [1.54, 1.807) is 6.20 Å². The van der Waals surface area contributed by atoms with Crippen molar-refractivity contribution in [3.63, 3.8) is 0 Å². The van der Waals surface area contributed by atoms with Gasteiger partial charge in [-0.3, -0.25) is 9.36 Å². The summed E-state index contributed by atoms with van der Waals surface area (Å²) >= 11 is 0. The minimum atomic E-state index is 0.0993. The van der Waals surface area contributed by atoms with E-state index in [1.165, 1.54) is 0 Å². The Hall–Kier alpha value is -2.44. The molecule has 0 bridgehead atoms. The molecule has 0 aliphatic carbocycles. The largest absolute Gasteiger partial charge is 0.368 e. The predicted molar refractivity (Wildman–Crippen MR) is 89.7 cm³/mol. The number of imidazole rings is 1.